The van der Waals surface area contributed by atoms with Crippen LogP contribution in [0.1, 0.15) is 33.4 Å². The van der Waals surface area contributed by atoms with Crippen LogP contribution in [0.3, 0.4) is 0 Å². The van der Waals surface area contributed by atoms with E-state index >= 15 is 0 Å². The number of aliphatic hydroxyl groups is 2. The predicted octanol–water partition coefficient (Wildman–Crippen LogP) is -1.34. The van der Waals surface area contributed by atoms with Crippen molar-refractivity contribution in [3.63, 3.8) is 0 Å². The Morgan fingerprint density at radius 3 is 2.45 bits per heavy atom. The summed E-state index contributed by atoms with van der Waals surface area (Å²) >= 11 is 0. The van der Waals surface area contributed by atoms with E-state index in [1.807, 2.05) is 0 Å². The first-order chi connectivity index (χ1) is 22.5. The van der Waals surface area contributed by atoms with Crippen LogP contribution in [0.2, 0.25) is 0 Å². The van der Waals surface area contributed by atoms with E-state index in [2.05, 4.69) is 34.4 Å². The predicted molar refractivity (Wildman–Crippen MR) is 168 cm³/mol. The summed E-state index contributed by atoms with van der Waals surface area (Å²) in [5, 5.41) is 26.0. The summed E-state index contributed by atoms with van der Waals surface area (Å²) < 4.78 is 57.7. The number of anilines is 1. The van der Waals surface area contributed by atoms with E-state index < -0.39 is 85.7 Å². The van der Waals surface area contributed by atoms with Gasteiger partial charge in [0.05, 0.1) is 19.5 Å². The third kappa shape index (κ3) is 11.9. The summed E-state index contributed by atoms with van der Waals surface area (Å²) in [6.07, 6.45) is -7.02. The Hall–Kier alpha value is -2.32. The molecule has 10 N–H and O–H groups in total. The van der Waals surface area contributed by atoms with Crippen LogP contribution in [0.5, 0.6) is 0 Å². The molecule has 0 aliphatic carbocycles. The highest BCUT2D eigenvalue weighted by Crippen LogP contribution is 2.71. The molecule has 1 fully saturated rings. The number of fused-ring (bicyclic) bond motifs is 1. The summed E-state index contributed by atoms with van der Waals surface area (Å²) in [6, 6.07) is 0. The Kier molecular flexibility index (Phi) is 13.7. The normalized spacial score (nSPS) is 23.3. The maximum Gasteiger partial charge on any atom is 0.479 e. The van der Waals surface area contributed by atoms with Gasteiger partial charge in [-0.25, -0.2) is 28.4 Å². The number of Topliss-reactive ketones (excluding diaryl/α,β-unsaturated/α-hetero) is 1. The SMILES string of the molecule is CC(=O)CNC(=O)CCNC(=O)C(O)C(C)(C)CPP(=O)(O)OP(=O)(O)OCC1OC(n2cnc3c(N)ncnc32)C(O)C1OP(=O)(O)O. The maximum atomic E-state index is 12.7. The van der Waals surface area contributed by atoms with Gasteiger partial charge in [0, 0.05) is 26.6 Å². The number of nitrogens with one attached hydrogen (secondary N) is 2. The Balaban J connectivity index is 1.59. The maximum absolute atomic E-state index is 12.7. The highest BCUT2D eigenvalue weighted by Gasteiger charge is 2.50. The lowest BCUT2D eigenvalue weighted by Crippen LogP contribution is -2.45. The fourth-order valence-corrected chi connectivity index (χ4v) is 10.8. The fourth-order valence-electron chi connectivity index (χ4n) is 4.25. The number of hydrogen-bond donors (Lipinski definition) is 9. The summed E-state index contributed by atoms with van der Waals surface area (Å²) in [5.74, 6) is -1.74. The third-order valence-corrected chi connectivity index (χ3v) is 13.3. The van der Waals surface area contributed by atoms with E-state index in [4.69, 9.17) is 15.0 Å². The molecule has 0 spiro atoms. The molecule has 1 aliphatic rings. The molecule has 0 radical (unpaired) electrons. The van der Waals surface area contributed by atoms with Crippen molar-refractivity contribution in [1.29, 1.82) is 0 Å². The second-order valence-corrected chi connectivity index (χ2v) is 18.7. The lowest BCUT2D eigenvalue weighted by Gasteiger charge is -2.30. The lowest BCUT2D eigenvalue weighted by molar-refractivity contribution is -0.134. The molecule has 49 heavy (non-hydrogen) atoms. The number of hydrogen-bond acceptors (Lipinski definition) is 16. The molecule has 2 aromatic rings. The molecule has 2 amide bonds. The number of carbonyl (C=O) groups excluding carboxylic acids is 3. The first kappa shape index (κ1) is 41.1. The minimum Gasteiger partial charge on any atom is -0.386 e. The average molecular weight is 779 g/mol. The molecule has 3 heterocycles. The van der Waals surface area contributed by atoms with Gasteiger partial charge in [-0.2, -0.15) is 0 Å². The van der Waals surface area contributed by atoms with Gasteiger partial charge >= 0.3 is 22.9 Å². The van der Waals surface area contributed by atoms with Crippen molar-refractivity contribution in [1.82, 2.24) is 30.2 Å². The average Bonchev–Trinajstić information content (AvgIpc) is 3.54. The number of ether oxygens (including phenoxy) is 1. The van der Waals surface area contributed by atoms with Gasteiger partial charge in [0.25, 0.3) is 0 Å². The molecule has 23 nitrogen and oxygen atoms in total. The summed E-state index contributed by atoms with van der Waals surface area (Å²) in [4.78, 5) is 86.0. The number of carbonyl (C=O) groups is 3. The van der Waals surface area contributed by atoms with Gasteiger partial charge < -0.3 is 50.9 Å². The van der Waals surface area contributed by atoms with Gasteiger partial charge in [0.15, 0.2) is 17.7 Å². The Morgan fingerprint density at radius 2 is 1.82 bits per heavy atom. The Labute approximate surface area is 279 Å². The van der Waals surface area contributed by atoms with Crippen molar-refractivity contribution >= 4 is 65.8 Å². The van der Waals surface area contributed by atoms with Crippen LogP contribution in [0.4, 0.5) is 5.82 Å². The zero-order valence-electron chi connectivity index (χ0n) is 26.1. The minimum absolute atomic E-state index is 0.0306. The van der Waals surface area contributed by atoms with Crippen LogP contribution in [0.15, 0.2) is 12.7 Å². The van der Waals surface area contributed by atoms with Crippen LogP contribution in [-0.4, -0.2) is 117 Å². The number of nitrogen functional groups attached to an aromatic ring is 1. The number of aromatic nitrogens is 4. The largest absolute Gasteiger partial charge is 0.479 e. The smallest absolute Gasteiger partial charge is 0.386 e. The van der Waals surface area contributed by atoms with Gasteiger partial charge in [0.2, 0.25) is 11.8 Å². The Morgan fingerprint density at radius 1 is 1.14 bits per heavy atom. The zero-order chi connectivity index (χ0) is 36.9. The molecule has 3 rings (SSSR count). The number of phosphoric ester groups is 2. The van der Waals surface area contributed by atoms with E-state index in [-0.39, 0.29) is 48.4 Å². The highest BCUT2D eigenvalue weighted by atomic mass is 32.1. The van der Waals surface area contributed by atoms with Crippen molar-refractivity contribution in [2.75, 3.05) is 31.6 Å². The van der Waals surface area contributed by atoms with Crippen molar-refractivity contribution in [3.05, 3.63) is 12.7 Å². The minimum atomic E-state index is -5.43. The number of nitrogens with two attached hydrogens (primary N) is 1. The van der Waals surface area contributed by atoms with E-state index in [9.17, 15) is 57.9 Å². The number of nitrogens with zero attached hydrogens (tertiary/aromatic N) is 4. The molecule has 27 heteroatoms. The van der Waals surface area contributed by atoms with Gasteiger partial charge in [0.1, 0.15) is 42.0 Å². The van der Waals surface area contributed by atoms with Gasteiger partial charge in [-0.3, -0.25) is 32.6 Å². The second kappa shape index (κ2) is 16.4. The molecular formula is C22H37N7O16P4. The lowest BCUT2D eigenvalue weighted by atomic mass is 9.88. The van der Waals surface area contributed by atoms with Crippen molar-refractivity contribution < 1.29 is 76.0 Å². The summed E-state index contributed by atoms with van der Waals surface area (Å²) in [5.41, 5.74) is 4.52. The highest BCUT2D eigenvalue weighted by molar-refractivity contribution is 8.20. The van der Waals surface area contributed by atoms with Crippen LogP contribution < -0.4 is 16.4 Å². The quantitative estimate of drug-likeness (QED) is 0.0790. The monoisotopic (exact) mass is 779 g/mol. The number of imidazole rings is 1. The zero-order valence-corrected chi connectivity index (χ0v) is 29.7. The Bertz CT molecular complexity index is 1670. The van der Waals surface area contributed by atoms with Crippen LogP contribution >= 0.6 is 31.2 Å². The standard InChI is InChI=1S/C22H37N7O16P4/c1-11(30)6-25-13(31)4-5-24-20(34)17(33)22(2,3)8-46-49(40,41)45-48(38,39)42-7-12-16(44-47(35,36)37)15(32)21(43-12)29-10-28-14-18(23)26-9-27-19(14)29/h9-10,12,15-17,21,32-33,46H,4-8H2,1-3H3,(H,24,34)(H,25,31)(H,38,39)(H,40,41)(H2,23,26,27)(H2,35,36,37). The molecule has 1 saturated heterocycles. The number of phosphoric acid groups is 2. The van der Waals surface area contributed by atoms with Crippen molar-refractivity contribution in [2.24, 2.45) is 5.41 Å². The third-order valence-electron chi connectivity index (χ3n) is 6.75. The van der Waals surface area contributed by atoms with E-state index in [0.29, 0.717) is 0 Å². The molecule has 0 aromatic carbocycles. The molecular weight excluding hydrogens is 742 g/mol. The van der Waals surface area contributed by atoms with Crippen LogP contribution in [0.25, 0.3) is 11.2 Å². The molecule has 0 bridgehead atoms. The van der Waals surface area contributed by atoms with Gasteiger partial charge in [-0.1, -0.05) is 13.8 Å². The number of rotatable bonds is 18. The molecule has 2 aromatic heterocycles. The molecule has 1 aliphatic heterocycles. The first-order valence-electron chi connectivity index (χ1n) is 14.0. The van der Waals surface area contributed by atoms with E-state index in [1.54, 1.807) is 0 Å². The van der Waals surface area contributed by atoms with Crippen LogP contribution in [-0.2, 0) is 46.2 Å². The molecule has 0 saturated carbocycles. The van der Waals surface area contributed by atoms with Gasteiger partial charge in [-0.15, -0.1) is 0 Å². The second-order valence-electron chi connectivity index (χ2n) is 11.3. The summed E-state index contributed by atoms with van der Waals surface area (Å²) in [7, 11) is -16.8. The molecule has 276 valence electrons. The van der Waals surface area contributed by atoms with E-state index in [1.165, 1.54) is 20.8 Å². The fraction of sp³-hybridized carbons (Fsp3) is 0.636. The topological polar surface area (TPSA) is 354 Å². The van der Waals surface area contributed by atoms with Crippen molar-refractivity contribution in [2.45, 2.75) is 57.8 Å². The van der Waals surface area contributed by atoms with Crippen molar-refractivity contribution in [3.8, 4) is 0 Å². The number of aliphatic hydroxyl groups excluding tert-OH is 2. The molecule has 8 atom stereocenters. The van der Waals surface area contributed by atoms with Crippen LogP contribution in [0, 0.1) is 5.41 Å². The molecule has 8 unspecified atom stereocenters. The number of ketones is 1. The number of amides is 2. The summed E-state index contributed by atoms with van der Waals surface area (Å²) in [6.45, 7) is 2.58. The van der Waals surface area contributed by atoms with E-state index in [0.717, 1.165) is 17.2 Å². The first-order valence-corrected chi connectivity index (χ1v) is 20.7. The van der Waals surface area contributed by atoms with Gasteiger partial charge in [-0.05, 0) is 13.1 Å².